The number of rotatable bonds is 3. The maximum atomic E-state index is 5.74. The van der Waals surface area contributed by atoms with E-state index in [2.05, 4.69) is 11.9 Å². The summed E-state index contributed by atoms with van der Waals surface area (Å²) in [4.78, 5) is 2.24. The van der Waals surface area contributed by atoms with Crippen LogP contribution in [0.25, 0.3) is 0 Å². The van der Waals surface area contributed by atoms with E-state index in [1.54, 1.807) is 0 Å². The average Bonchev–Trinajstić information content (AvgIpc) is 2.17. The zero-order chi connectivity index (χ0) is 9.97. The molecule has 0 radical (unpaired) electrons. The Bertz CT molecular complexity index is 291. The van der Waals surface area contributed by atoms with Gasteiger partial charge in [-0.05, 0) is 24.7 Å². The van der Waals surface area contributed by atoms with Gasteiger partial charge in [-0.15, -0.1) is 0 Å². The predicted molar refractivity (Wildman–Crippen MR) is 56.2 cm³/mol. The molecule has 3 nitrogen and oxygen atoms in total. The van der Waals surface area contributed by atoms with Crippen molar-refractivity contribution in [2.75, 3.05) is 20.1 Å². The Labute approximate surface area is 84.5 Å². The molecular formula is C11H16N2O. The number of ether oxygens (including phenoxy) is 1. The van der Waals surface area contributed by atoms with Crippen molar-refractivity contribution in [3.05, 3.63) is 29.8 Å². The Balaban J connectivity index is 1.90. The lowest BCUT2D eigenvalue weighted by Gasteiger charge is -2.36. The van der Waals surface area contributed by atoms with Gasteiger partial charge in [0.25, 0.3) is 0 Å². The minimum Gasteiger partial charge on any atom is -0.488 e. The normalized spacial score (nSPS) is 17.9. The molecule has 76 valence electrons. The van der Waals surface area contributed by atoms with E-state index < -0.39 is 0 Å². The number of hydrogen-bond acceptors (Lipinski definition) is 3. The van der Waals surface area contributed by atoms with Crippen molar-refractivity contribution in [3.63, 3.8) is 0 Å². The van der Waals surface area contributed by atoms with Gasteiger partial charge in [-0.2, -0.15) is 0 Å². The molecule has 3 heteroatoms. The Morgan fingerprint density at radius 2 is 2.00 bits per heavy atom. The molecule has 0 unspecified atom stereocenters. The van der Waals surface area contributed by atoms with Gasteiger partial charge in [-0.25, -0.2) is 0 Å². The summed E-state index contributed by atoms with van der Waals surface area (Å²) in [5, 5.41) is 0. The molecule has 2 rings (SSSR count). The lowest BCUT2D eigenvalue weighted by molar-refractivity contribution is 0.0388. The fraction of sp³-hybridized carbons (Fsp3) is 0.455. The molecule has 0 saturated carbocycles. The van der Waals surface area contributed by atoms with Gasteiger partial charge in [0, 0.05) is 19.6 Å². The number of benzene rings is 1. The van der Waals surface area contributed by atoms with Crippen molar-refractivity contribution in [2.45, 2.75) is 12.6 Å². The second-order valence-electron chi connectivity index (χ2n) is 3.81. The smallest absolute Gasteiger partial charge is 0.124 e. The SMILES string of the molecule is CN1CC(Oc2ccc(CN)cc2)C1. The third-order valence-electron chi connectivity index (χ3n) is 2.49. The Kier molecular flexibility index (Phi) is 2.70. The highest BCUT2D eigenvalue weighted by Crippen LogP contribution is 2.17. The van der Waals surface area contributed by atoms with Gasteiger partial charge in [0.05, 0.1) is 0 Å². The summed E-state index contributed by atoms with van der Waals surface area (Å²) in [5.74, 6) is 0.945. The monoisotopic (exact) mass is 192 g/mol. The van der Waals surface area contributed by atoms with E-state index in [9.17, 15) is 0 Å². The van der Waals surface area contributed by atoms with Crippen LogP contribution in [0.5, 0.6) is 5.75 Å². The van der Waals surface area contributed by atoms with Crippen LogP contribution in [0.1, 0.15) is 5.56 Å². The van der Waals surface area contributed by atoms with Crippen molar-refractivity contribution >= 4 is 0 Å². The van der Waals surface area contributed by atoms with E-state index in [0.29, 0.717) is 12.6 Å². The van der Waals surface area contributed by atoms with Crippen LogP contribution in [-0.4, -0.2) is 31.1 Å². The molecule has 0 atom stereocenters. The summed E-state index contributed by atoms with van der Waals surface area (Å²) in [6, 6.07) is 8.00. The predicted octanol–water partition coefficient (Wildman–Crippen LogP) is 0.838. The fourth-order valence-electron chi connectivity index (χ4n) is 1.61. The van der Waals surface area contributed by atoms with Gasteiger partial charge in [-0.1, -0.05) is 12.1 Å². The molecule has 0 amide bonds. The first-order valence-corrected chi connectivity index (χ1v) is 4.92. The van der Waals surface area contributed by atoms with Crippen LogP contribution in [0.15, 0.2) is 24.3 Å². The van der Waals surface area contributed by atoms with Crippen molar-refractivity contribution < 1.29 is 4.74 Å². The van der Waals surface area contributed by atoms with Gasteiger partial charge in [0.2, 0.25) is 0 Å². The van der Waals surface area contributed by atoms with Crippen LogP contribution < -0.4 is 10.5 Å². The largest absolute Gasteiger partial charge is 0.488 e. The van der Waals surface area contributed by atoms with E-state index in [0.717, 1.165) is 24.4 Å². The Morgan fingerprint density at radius 3 is 2.50 bits per heavy atom. The summed E-state index contributed by atoms with van der Waals surface area (Å²) < 4.78 is 5.74. The highest BCUT2D eigenvalue weighted by atomic mass is 16.5. The molecule has 2 N–H and O–H groups in total. The van der Waals surface area contributed by atoms with Crippen LogP contribution in [0.3, 0.4) is 0 Å². The molecule has 1 aliphatic rings. The molecule has 1 heterocycles. The van der Waals surface area contributed by atoms with Gasteiger partial charge < -0.3 is 10.5 Å². The topological polar surface area (TPSA) is 38.5 Å². The third kappa shape index (κ3) is 2.05. The van der Waals surface area contributed by atoms with Crippen LogP contribution >= 0.6 is 0 Å². The second kappa shape index (κ2) is 3.98. The summed E-state index contributed by atoms with van der Waals surface area (Å²) in [6.45, 7) is 2.64. The molecule has 1 fully saturated rings. The lowest BCUT2D eigenvalue weighted by Crippen LogP contribution is -2.51. The molecular weight excluding hydrogens is 176 g/mol. The fourth-order valence-corrected chi connectivity index (χ4v) is 1.61. The first-order chi connectivity index (χ1) is 6.78. The molecule has 1 aromatic rings. The minimum absolute atomic E-state index is 0.365. The summed E-state index contributed by atoms with van der Waals surface area (Å²) in [6.07, 6.45) is 0.365. The Morgan fingerprint density at radius 1 is 1.36 bits per heavy atom. The van der Waals surface area contributed by atoms with Crippen LogP contribution in [0.4, 0.5) is 0 Å². The molecule has 0 spiro atoms. The number of likely N-dealkylation sites (tertiary alicyclic amines) is 1. The molecule has 1 aliphatic heterocycles. The van der Waals surface area contributed by atoms with Gasteiger partial charge >= 0.3 is 0 Å². The first kappa shape index (κ1) is 9.49. The molecule has 1 aromatic carbocycles. The molecule has 14 heavy (non-hydrogen) atoms. The van der Waals surface area contributed by atoms with E-state index in [4.69, 9.17) is 10.5 Å². The lowest BCUT2D eigenvalue weighted by atomic mass is 10.2. The average molecular weight is 192 g/mol. The second-order valence-corrected chi connectivity index (χ2v) is 3.81. The highest BCUT2D eigenvalue weighted by Gasteiger charge is 2.24. The van der Waals surface area contributed by atoms with Crippen LogP contribution in [-0.2, 0) is 6.54 Å². The van der Waals surface area contributed by atoms with E-state index in [1.807, 2.05) is 24.3 Å². The van der Waals surface area contributed by atoms with Crippen molar-refractivity contribution in [2.24, 2.45) is 5.73 Å². The molecule has 1 saturated heterocycles. The highest BCUT2D eigenvalue weighted by molar-refractivity contribution is 5.27. The van der Waals surface area contributed by atoms with E-state index >= 15 is 0 Å². The van der Waals surface area contributed by atoms with Crippen molar-refractivity contribution in [1.29, 1.82) is 0 Å². The van der Waals surface area contributed by atoms with Crippen molar-refractivity contribution in [1.82, 2.24) is 4.90 Å². The molecule has 0 bridgehead atoms. The zero-order valence-electron chi connectivity index (χ0n) is 8.44. The summed E-state index contributed by atoms with van der Waals surface area (Å²) >= 11 is 0. The minimum atomic E-state index is 0.365. The summed E-state index contributed by atoms with van der Waals surface area (Å²) in [5.41, 5.74) is 6.65. The molecule has 0 aliphatic carbocycles. The number of nitrogens with zero attached hydrogens (tertiary/aromatic N) is 1. The molecule has 0 aromatic heterocycles. The van der Waals surface area contributed by atoms with Crippen LogP contribution in [0, 0.1) is 0 Å². The Hall–Kier alpha value is -1.06. The summed E-state index contributed by atoms with van der Waals surface area (Å²) in [7, 11) is 2.09. The first-order valence-electron chi connectivity index (χ1n) is 4.92. The van der Waals surface area contributed by atoms with E-state index in [-0.39, 0.29) is 0 Å². The van der Waals surface area contributed by atoms with Gasteiger partial charge in [0.1, 0.15) is 11.9 Å². The van der Waals surface area contributed by atoms with Crippen LogP contribution in [0.2, 0.25) is 0 Å². The van der Waals surface area contributed by atoms with Crippen molar-refractivity contribution in [3.8, 4) is 5.75 Å². The maximum Gasteiger partial charge on any atom is 0.124 e. The van der Waals surface area contributed by atoms with Gasteiger partial charge in [0.15, 0.2) is 0 Å². The number of likely N-dealkylation sites (N-methyl/N-ethyl adjacent to an activating group) is 1. The number of nitrogens with two attached hydrogens (primary N) is 1. The third-order valence-corrected chi connectivity index (χ3v) is 2.49. The van der Waals surface area contributed by atoms with Gasteiger partial charge in [-0.3, -0.25) is 4.90 Å². The van der Waals surface area contributed by atoms with E-state index in [1.165, 1.54) is 0 Å². The maximum absolute atomic E-state index is 5.74. The zero-order valence-corrected chi connectivity index (χ0v) is 8.44. The quantitative estimate of drug-likeness (QED) is 0.771. The standard InChI is InChI=1S/C11H16N2O/c1-13-7-11(8-13)14-10-4-2-9(6-12)3-5-10/h2-5,11H,6-8,12H2,1H3. The number of hydrogen-bond donors (Lipinski definition) is 1.